The van der Waals surface area contributed by atoms with Crippen molar-refractivity contribution in [1.82, 2.24) is 9.80 Å². The van der Waals surface area contributed by atoms with Crippen molar-refractivity contribution in [3.63, 3.8) is 0 Å². The lowest BCUT2D eigenvalue weighted by molar-refractivity contribution is -0.134. The van der Waals surface area contributed by atoms with Gasteiger partial charge in [-0.3, -0.25) is 4.79 Å². The molecule has 32 heavy (non-hydrogen) atoms. The average Bonchev–Trinajstić information content (AvgIpc) is 3.34. The van der Waals surface area contributed by atoms with Crippen LogP contribution < -0.4 is 9.64 Å². The first kappa shape index (κ1) is 20.8. The number of benzene rings is 1. The quantitative estimate of drug-likeness (QED) is 0.709. The molecule has 6 rings (SSSR count). The Morgan fingerprint density at radius 2 is 1.72 bits per heavy atom. The molecule has 4 aliphatic heterocycles. The van der Waals surface area contributed by atoms with Crippen LogP contribution in [0.5, 0.6) is 5.75 Å². The van der Waals surface area contributed by atoms with Crippen LogP contribution in [0.4, 0.5) is 5.69 Å². The van der Waals surface area contributed by atoms with Gasteiger partial charge in [0.05, 0.1) is 5.92 Å². The lowest BCUT2D eigenvalue weighted by atomic mass is 9.81. The molecule has 1 unspecified atom stereocenters. The van der Waals surface area contributed by atoms with E-state index in [-0.39, 0.29) is 11.5 Å². The third-order valence-electron chi connectivity index (χ3n) is 9.07. The summed E-state index contributed by atoms with van der Waals surface area (Å²) in [5.74, 6) is 1.67. The van der Waals surface area contributed by atoms with Crippen molar-refractivity contribution < 1.29 is 9.53 Å². The van der Waals surface area contributed by atoms with Crippen molar-refractivity contribution in [3.05, 3.63) is 23.8 Å². The standard InChI is InChI=1S/C27H39N3O2/c31-26(29-14-1-2-15-29)22-5-4-16-30(20-22)24-8-9-25-21(19-24)10-11-27(32-25)12-17-28(18-13-27)23-6-3-7-23/h8-9,19,22-23H,1-7,10-18,20H2. The number of likely N-dealkylation sites (tertiary alicyclic amines) is 2. The molecule has 5 heteroatoms. The summed E-state index contributed by atoms with van der Waals surface area (Å²) in [6.07, 6.45) is 13.4. The number of aryl methyl sites for hydroxylation is 1. The number of carbonyl (C=O) groups is 1. The number of piperidine rings is 2. The second-order valence-corrected chi connectivity index (χ2v) is 11.0. The summed E-state index contributed by atoms with van der Waals surface area (Å²) in [4.78, 5) is 20.2. The van der Waals surface area contributed by atoms with Crippen LogP contribution in [0.3, 0.4) is 0 Å². The van der Waals surface area contributed by atoms with E-state index in [1.54, 1.807) is 0 Å². The third kappa shape index (κ3) is 3.91. The fraction of sp³-hybridized carbons (Fsp3) is 0.741. The molecule has 1 spiro atoms. The Hall–Kier alpha value is -1.75. The van der Waals surface area contributed by atoms with Gasteiger partial charge in [0.1, 0.15) is 11.4 Å². The second-order valence-electron chi connectivity index (χ2n) is 11.0. The fourth-order valence-electron chi connectivity index (χ4n) is 6.71. The summed E-state index contributed by atoms with van der Waals surface area (Å²) < 4.78 is 6.70. The van der Waals surface area contributed by atoms with Crippen molar-refractivity contribution in [1.29, 1.82) is 0 Å². The van der Waals surface area contributed by atoms with E-state index >= 15 is 0 Å². The van der Waals surface area contributed by atoms with E-state index in [1.165, 1.54) is 69.3 Å². The van der Waals surface area contributed by atoms with Crippen molar-refractivity contribution in [3.8, 4) is 5.75 Å². The van der Waals surface area contributed by atoms with Gasteiger partial charge >= 0.3 is 0 Å². The van der Waals surface area contributed by atoms with Crippen LogP contribution in [0.15, 0.2) is 18.2 Å². The summed E-state index contributed by atoms with van der Waals surface area (Å²) in [6, 6.07) is 7.67. The van der Waals surface area contributed by atoms with Crippen molar-refractivity contribution in [2.45, 2.75) is 82.3 Å². The van der Waals surface area contributed by atoms with E-state index < -0.39 is 0 Å². The molecule has 4 heterocycles. The van der Waals surface area contributed by atoms with Crippen LogP contribution >= 0.6 is 0 Å². The van der Waals surface area contributed by atoms with Gasteiger partial charge in [-0.1, -0.05) is 6.42 Å². The molecule has 4 fully saturated rings. The number of nitrogens with zero attached hydrogens (tertiary/aromatic N) is 3. The largest absolute Gasteiger partial charge is 0.487 e. The molecule has 0 N–H and O–H groups in total. The minimum absolute atomic E-state index is 0.0626. The first-order valence-corrected chi connectivity index (χ1v) is 13.3. The summed E-state index contributed by atoms with van der Waals surface area (Å²) >= 11 is 0. The van der Waals surface area contributed by atoms with Crippen LogP contribution in [0, 0.1) is 5.92 Å². The Kier molecular flexibility index (Phi) is 5.57. The maximum absolute atomic E-state index is 12.9. The SMILES string of the molecule is O=C(C1CCCN(c2ccc3c(c2)CCC2(CCN(C4CCC4)CC2)O3)C1)N1CCCC1. The molecule has 0 bridgehead atoms. The zero-order valence-electron chi connectivity index (χ0n) is 19.6. The molecule has 5 nitrogen and oxygen atoms in total. The predicted molar refractivity (Wildman–Crippen MR) is 127 cm³/mol. The van der Waals surface area contributed by atoms with Gasteiger partial charge < -0.3 is 19.4 Å². The Morgan fingerprint density at radius 1 is 0.906 bits per heavy atom. The Labute approximate surface area is 193 Å². The molecule has 1 aromatic rings. The number of fused-ring (bicyclic) bond motifs is 1. The van der Waals surface area contributed by atoms with E-state index in [9.17, 15) is 4.79 Å². The van der Waals surface area contributed by atoms with Gasteiger partial charge in [0.2, 0.25) is 5.91 Å². The van der Waals surface area contributed by atoms with E-state index in [4.69, 9.17) is 4.74 Å². The predicted octanol–water partition coefficient (Wildman–Crippen LogP) is 4.24. The van der Waals surface area contributed by atoms with E-state index in [0.717, 1.165) is 63.7 Å². The molecule has 1 atom stereocenters. The van der Waals surface area contributed by atoms with Crippen LogP contribution in [0.2, 0.25) is 0 Å². The Balaban J connectivity index is 1.10. The van der Waals surface area contributed by atoms with E-state index in [2.05, 4.69) is 32.9 Å². The van der Waals surface area contributed by atoms with Gasteiger partial charge in [0.25, 0.3) is 0 Å². The first-order valence-electron chi connectivity index (χ1n) is 13.3. The van der Waals surface area contributed by atoms with Gasteiger partial charge in [-0.15, -0.1) is 0 Å². The van der Waals surface area contributed by atoms with Gasteiger partial charge in [-0.05, 0) is 88.0 Å². The minimum Gasteiger partial charge on any atom is -0.487 e. The Bertz CT molecular complexity index is 837. The number of anilines is 1. The molecule has 0 radical (unpaired) electrons. The highest BCUT2D eigenvalue weighted by atomic mass is 16.5. The second kappa shape index (κ2) is 8.55. The maximum atomic E-state index is 12.9. The Morgan fingerprint density at radius 3 is 2.47 bits per heavy atom. The van der Waals surface area contributed by atoms with Crippen molar-refractivity contribution >= 4 is 11.6 Å². The zero-order valence-corrected chi connectivity index (χ0v) is 19.6. The molecule has 1 saturated carbocycles. The van der Waals surface area contributed by atoms with Gasteiger partial charge in [-0.2, -0.15) is 0 Å². The number of amides is 1. The number of hydrogen-bond donors (Lipinski definition) is 0. The molecule has 0 aromatic heterocycles. The normalized spacial score (nSPS) is 28.3. The minimum atomic E-state index is 0.0626. The summed E-state index contributed by atoms with van der Waals surface area (Å²) in [5, 5.41) is 0. The molecule has 174 valence electrons. The lowest BCUT2D eigenvalue weighted by Crippen LogP contribution is -2.53. The molecule has 1 aromatic carbocycles. The smallest absolute Gasteiger partial charge is 0.227 e. The number of ether oxygens (including phenoxy) is 1. The number of hydrogen-bond acceptors (Lipinski definition) is 4. The fourth-order valence-corrected chi connectivity index (χ4v) is 6.71. The van der Waals surface area contributed by atoms with Crippen molar-refractivity contribution in [2.24, 2.45) is 5.92 Å². The molecule has 1 amide bonds. The van der Waals surface area contributed by atoms with E-state index in [0.29, 0.717) is 5.91 Å². The highest BCUT2D eigenvalue weighted by Crippen LogP contribution is 2.42. The number of rotatable bonds is 3. The van der Waals surface area contributed by atoms with Crippen LogP contribution in [-0.2, 0) is 11.2 Å². The molecular weight excluding hydrogens is 398 g/mol. The lowest BCUT2D eigenvalue weighted by Gasteiger charge is -2.48. The topological polar surface area (TPSA) is 36.0 Å². The molecule has 5 aliphatic rings. The first-order chi connectivity index (χ1) is 15.7. The highest BCUT2D eigenvalue weighted by Gasteiger charge is 2.41. The van der Waals surface area contributed by atoms with Crippen molar-refractivity contribution in [2.75, 3.05) is 44.2 Å². The molecular formula is C27H39N3O2. The maximum Gasteiger partial charge on any atom is 0.227 e. The molecule has 1 aliphatic carbocycles. The van der Waals surface area contributed by atoms with Gasteiger partial charge in [-0.25, -0.2) is 0 Å². The monoisotopic (exact) mass is 437 g/mol. The summed E-state index contributed by atoms with van der Waals surface area (Å²) in [5.41, 5.74) is 2.71. The average molecular weight is 438 g/mol. The van der Waals surface area contributed by atoms with Gasteiger partial charge in [0, 0.05) is 51.0 Å². The van der Waals surface area contributed by atoms with Crippen LogP contribution in [0.25, 0.3) is 0 Å². The van der Waals surface area contributed by atoms with Crippen LogP contribution in [0.1, 0.15) is 69.8 Å². The van der Waals surface area contributed by atoms with E-state index in [1.807, 2.05) is 0 Å². The van der Waals surface area contributed by atoms with Gasteiger partial charge in [0.15, 0.2) is 0 Å². The van der Waals surface area contributed by atoms with Crippen LogP contribution in [-0.4, -0.2) is 66.6 Å². The molecule has 3 saturated heterocycles. The zero-order chi connectivity index (χ0) is 21.5. The third-order valence-corrected chi connectivity index (χ3v) is 9.07. The highest BCUT2D eigenvalue weighted by molar-refractivity contribution is 5.80. The summed E-state index contributed by atoms with van der Waals surface area (Å²) in [6.45, 7) is 6.27. The summed E-state index contributed by atoms with van der Waals surface area (Å²) in [7, 11) is 0. The number of carbonyl (C=O) groups excluding carboxylic acids is 1.